The number of carbonyl (C=O) groups excluding carboxylic acids is 3. The zero-order chi connectivity index (χ0) is 28.4. The minimum Gasteiger partial charge on any atom is -0.497 e. The standard InChI is InChI=1S/C29H34O10/c1-6-35-28(32)22(16-24(30)34-5)25(36-17-19-12-14-21(33-4)15-13-19)26-23(38-29(2,3)39-26)18-37-27(31)20-10-8-7-9-11-20/h7-16,23,25-26H,6,17-18H2,1-5H3/b22-16-/t23-,25-,26+/m0/s1. The van der Waals surface area contributed by atoms with Gasteiger partial charge in [-0.25, -0.2) is 14.4 Å². The number of carbonyl (C=O) groups is 3. The Kier molecular flexibility index (Phi) is 10.6. The van der Waals surface area contributed by atoms with Gasteiger partial charge in [0.2, 0.25) is 0 Å². The lowest BCUT2D eigenvalue weighted by molar-refractivity contribution is -0.161. The maximum Gasteiger partial charge on any atom is 0.338 e. The molecule has 0 aliphatic carbocycles. The van der Waals surface area contributed by atoms with Crippen molar-refractivity contribution < 1.29 is 47.5 Å². The van der Waals surface area contributed by atoms with Crippen molar-refractivity contribution in [3.05, 3.63) is 77.4 Å². The average Bonchev–Trinajstić information content (AvgIpc) is 3.25. The number of benzene rings is 2. The summed E-state index contributed by atoms with van der Waals surface area (Å²) in [6.07, 6.45) is -1.93. The maximum atomic E-state index is 13.0. The van der Waals surface area contributed by atoms with Gasteiger partial charge in [0, 0.05) is 6.08 Å². The van der Waals surface area contributed by atoms with Crippen LogP contribution in [0.2, 0.25) is 0 Å². The molecule has 0 bridgehead atoms. The highest BCUT2D eigenvalue weighted by atomic mass is 16.8. The largest absolute Gasteiger partial charge is 0.497 e. The van der Waals surface area contributed by atoms with Gasteiger partial charge in [0.05, 0.1) is 38.6 Å². The van der Waals surface area contributed by atoms with Crippen LogP contribution >= 0.6 is 0 Å². The molecule has 39 heavy (non-hydrogen) atoms. The van der Waals surface area contributed by atoms with Crippen molar-refractivity contribution in [3.8, 4) is 5.75 Å². The maximum absolute atomic E-state index is 13.0. The topological polar surface area (TPSA) is 116 Å². The number of methoxy groups -OCH3 is 2. The molecule has 0 amide bonds. The van der Waals surface area contributed by atoms with E-state index in [1.807, 2.05) is 0 Å². The molecule has 1 aliphatic heterocycles. The number of rotatable bonds is 12. The molecule has 0 aromatic heterocycles. The minimum absolute atomic E-state index is 0.0450. The van der Waals surface area contributed by atoms with Gasteiger partial charge >= 0.3 is 17.9 Å². The van der Waals surface area contributed by atoms with Crippen molar-refractivity contribution >= 4 is 17.9 Å². The molecule has 1 aliphatic rings. The molecule has 3 atom stereocenters. The predicted molar refractivity (Wildman–Crippen MR) is 139 cm³/mol. The van der Waals surface area contributed by atoms with Gasteiger partial charge in [0.15, 0.2) is 5.79 Å². The molecule has 10 nitrogen and oxygen atoms in total. The lowest BCUT2D eigenvalue weighted by Gasteiger charge is -2.28. The third-order valence-corrected chi connectivity index (χ3v) is 5.79. The molecule has 2 aromatic carbocycles. The van der Waals surface area contributed by atoms with Gasteiger partial charge in [-0.1, -0.05) is 30.3 Å². The van der Waals surface area contributed by atoms with Gasteiger partial charge in [0.25, 0.3) is 0 Å². The lowest BCUT2D eigenvalue weighted by Crippen LogP contribution is -2.43. The van der Waals surface area contributed by atoms with Crippen molar-refractivity contribution in [2.24, 2.45) is 0 Å². The van der Waals surface area contributed by atoms with E-state index in [1.165, 1.54) is 7.11 Å². The minimum atomic E-state index is -1.15. The zero-order valence-electron chi connectivity index (χ0n) is 22.7. The van der Waals surface area contributed by atoms with E-state index in [-0.39, 0.29) is 25.4 Å². The van der Waals surface area contributed by atoms with E-state index in [0.29, 0.717) is 11.3 Å². The summed E-state index contributed by atoms with van der Waals surface area (Å²) in [5.41, 5.74) is 1.02. The average molecular weight is 543 g/mol. The van der Waals surface area contributed by atoms with Crippen LogP contribution in [-0.2, 0) is 44.6 Å². The molecule has 1 fully saturated rings. The molecular formula is C29H34O10. The Morgan fingerprint density at radius 2 is 1.67 bits per heavy atom. The van der Waals surface area contributed by atoms with Crippen LogP contribution in [0.4, 0.5) is 0 Å². The van der Waals surface area contributed by atoms with Gasteiger partial charge in [-0.05, 0) is 50.6 Å². The molecular weight excluding hydrogens is 508 g/mol. The summed E-state index contributed by atoms with van der Waals surface area (Å²) in [6, 6.07) is 15.7. The molecule has 210 valence electrons. The Hall–Kier alpha value is -3.73. The molecule has 1 heterocycles. The van der Waals surface area contributed by atoms with E-state index in [4.69, 9.17) is 33.2 Å². The number of esters is 3. The second kappa shape index (κ2) is 13.9. The Labute approximate surface area is 227 Å². The summed E-state index contributed by atoms with van der Waals surface area (Å²) in [6.45, 7) is 4.93. The molecule has 2 aromatic rings. The summed E-state index contributed by atoms with van der Waals surface area (Å²) in [5.74, 6) is -2.55. The van der Waals surface area contributed by atoms with Gasteiger partial charge in [-0.3, -0.25) is 0 Å². The Bertz CT molecular complexity index is 1140. The fraction of sp³-hybridized carbons (Fsp3) is 0.414. The monoisotopic (exact) mass is 542 g/mol. The number of hydrogen-bond donors (Lipinski definition) is 0. The van der Waals surface area contributed by atoms with Crippen molar-refractivity contribution in [2.45, 2.75) is 51.5 Å². The summed E-state index contributed by atoms with van der Waals surface area (Å²) < 4.78 is 39.1. The van der Waals surface area contributed by atoms with Crippen LogP contribution in [0.25, 0.3) is 0 Å². The Morgan fingerprint density at radius 1 is 0.974 bits per heavy atom. The van der Waals surface area contributed by atoms with Crippen molar-refractivity contribution in [3.63, 3.8) is 0 Å². The first kappa shape index (κ1) is 29.8. The highest BCUT2D eigenvalue weighted by Gasteiger charge is 2.49. The van der Waals surface area contributed by atoms with Gasteiger partial charge in [0.1, 0.15) is 30.7 Å². The van der Waals surface area contributed by atoms with E-state index >= 15 is 0 Å². The van der Waals surface area contributed by atoms with Crippen molar-refractivity contribution in [1.82, 2.24) is 0 Å². The Balaban J connectivity index is 1.92. The normalized spacial score (nSPS) is 19.2. The van der Waals surface area contributed by atoms with E-state index in [9.17, 15) is 14.4 Å². The van der Waals surface area contributed by atoms with Gasteiger partial charge in [-0.15, -0.1) is 0 Å². The highest BCUT2D eigenvalue weighted by Crippen LogP contribution is 2.34. The van der Waals surface area contributed by atoms with Crippen LogP contribution in [0.5, 0.6) is 5.75 Å². The Morgan fingerprint density at radius 3 is 2.28 bits per heavy atom. The molecule has 10 heteroatoms. The molecule has 3 rings (SSSR count). The fourth-order valence-corrected chi connectivity index (χ4v) is 3.99. The summed E-state index contributed by atoms with van der Waals surface area (Å²) in [4.78, 5) is 37.9. The third kappa shape index (κ3) is 8.38. The first-order valence-corrected chi connectivity index (χ1v) is 12.5. The molecule has 1 saturated heterocycles. The van der Waals surface area contributed by atoms with Gasteiger partial charge < -0.3 is 33.2 Å². The molecule has 0 N–H and O–H groups in total. The van der Waals surface area contributed by atoms with Crippen molar-refractivity contribution in [1.29, 1.82) is 0 Å². The highest BCUT2D eigenvalue weighted by molar-refractivity contribution is 5.97. The summed E-state index contributed by atoms with van der Waals surface area (Å²) >= 11 is 0. The predicted octanol–water partition coefficient (Wildman–Crippen LogP) is 3.62. The molecule has 0 radical (unpaired) electrons. The summed E-state index contributed by atoms with van der Waals surface area (Å²) in [7, 11) is 2.76. The molecule has 0 spiro atoms. The SMILES string of the molecule is CCOC(=O)/C(=C\C(=O)OC)[C@H](OCc1ccc(OC)cc1)[C@@H]1OC(C)(C)O[C@H]1COC(=O)c1ccccc1. The van der Waals surface area contributed by atoms with Crippen LogP contribution in [0.3, 0.4) is 0 Å². The zero-order valence-corrected chi connectivity index (χ0v) is 22.7. The van der Waals surface area contributed by atoms with Gasteiger partial charge in [-0.2, -0.15) is 0 Å². The van der Waals surface area contributed by atoms with Crippen LogP contribution in [0.1, 0.15) is 36.7 Å². The smallest absolute Gasteiger partial charge is 0.338 e. The van der Waals surface area contributed by atoms with Crippen LogP contribution in [0, 0.1) is 0 Å². The summed E-state index contributed by atoms with van der Waals surface area (Å²) in [5, 5.41) is 0. The van der Waals surface area contributed by atoms with Crippen molar-refractivity contribution in [2.75, 3.05) is 27.4 Å². The number of hydrogen-bond acceptors (Lipinski definition) is 10. The second-order valence-corrected chi connectivity index (χ2v) is 9.03. The fourth-order valence-electron chi connectivity index (χ4n) is 3.99. The van der Waals surface area contributed by atoms with Crippen LogP contribution < -0.4 is 4.74 Å². The van der Waals surface area contributed by atoms with E-state index < -0.39 is 42.0 Å². The van der Waals surface area contributed by atoms with Crippen LogP contribution in [-0.4, -0.2) is 69.4 Å². The third-order valence-electron chi connectivity index (χ3n) is 5.79. The lowest BCUT2D eigenvalue weighted by atomic mass is 9.99. The molecule has 0 saturated carbocycles. The van der Waals surface area contributed by atoms with E-state index in [0.717, 1.165) is 11.6 Å². The first-order chi connectivity index (χ1) is 18.7. The number of ether oxygens (including phenoxy) is 7. The molecule has 0 unspecified atom stereocenters. The van der Waals surface area contributed by atoms with E-state index in [1.54, 1.807) is 82.5 Å². The van der Waals surface area contributed by atoms with Crippen LogP contribution in [0.15, 0.2) is 66.2 Å². The second-order valence-electron chi connectivity index (χ2n) is 9.03. The quantitative estimate of drug-likeness (QED) is 0.224. The first-order valence-electron chi connectivity index (χ1n) is 12.5. The van der Waals surface area contributed by atoms with E-state index in [2.05, 4.69) is 0 Å².